The molecule has 0 aliphatic heterocycles. The first kappa shape index (κ1) is 12.1. The van der Waals surface area contributed by atoms with Gasteiger partial charge in [-0.25, -0.2) is 4.39 Å². The minimum absolute atomic E-state index is 0.167. The maximum Gasteiger partial charge on any atom is 0.128 e. The number of benzene rings is 1. The number of hydroxylamine groups is 1. The fourth-order valence-corrected chi connectivity index (χ4v) is 1.33. The first-order chi connectivity index (χ1) is 7.13. The van der Waals surface area contributed by atoms with Gasteiger partial charge in [0.1, 0.15) is 5.82 Å². The van der Waals surface area contributed by atoms with E-state index in [-0.39, 0.29) is 5.82 Å². The van der Waals surface area contributed by atoms with Crippen LogP contribution in [0, 0.1) is 5.82 Å². The second-order valence-electron chi connectivity index (χ2n) is 3.69. The summed E-state index contributed by atoms with van der Waals surface area (Å²) in [5.41, 5.74) is 4.26. The Balaban J connectivity index is 2.70. The molecule has 4 heteroatoms. The van der Waals surface area contributed by atoms with Gasteiger partial charge in [-0.05, 0) is 25.7 Å². The lowest BCUT2D eigenvalue weighted by atomic mass is 10.1. The Bertz CT molecular complexity index is 315. The normalized spacial score (nSPS) is 11.0. The molecule has 0 amide bonds. The third-order valence-electron chi connectivity index (χ3n) is 2.02. The largest absolute Gasteiger partial charge is 0.305 e. The molecule has 1 aromatic rings. The molecule has 0 radical (unpaired) electrons. The predicted octanol–water partition coefficient (Wildman–Crippen LogP) is 1.54. The summed E-state index contributed by atoms with van der Waals surface area (Å²) >= 11 is 0. The van der Waals surface area contributed by atoms with Crippen molar-refractivity contribution in [3.8, 4) is 0 Å². The number of nitrogens with zero attached hydrogens (tertiary/aromatic N) is 1. The second kappa shape index (κ2) is 5.80. The van der Waals surface area contributed by atoms with Crippen molar-refractivity contribution in [1.29, 1.82) is 0 Å². The minimum atomic E-state index is -0.167. The fraction of sp³-hybridized carbons (Fsp3) is 0.455. The molecule has 0 aromatic heterocycles. The van der Waals surface area contributed by atoms with Crippen LogP contribution < -0.4 is 5.48 Å². The van der Waals surface area contributed by atoms with Crippen molar-refractivity contribution >= 4 is 0 Å². The molecule has 0 spiro atoms. The highest BCUT2D eigenvalue weighted by molar-refractivity contribution is 5.24. The highest BCUT2D eigenvalue weighted by Crippen LogP contribution is 2.11. The van der Waals surface area contributed by atoms with E-state index < -0.39 is 0 Å². The Labute approximate surface area is 89.8 Å². The SMILES string of the molecule is CONCc1ccc(CN(C)C)c(F)c1. The summed E-state index contributed by atoms with van der Waals surface area (Å²) in [6, 6.07) is 5.24. The monoisotopic (exact) mass is 212 g/mol. The molecule has 0 saturated heterocycles. The molecule has 3 nitrogen and oxygen atoms in total. The van der Waals surface area contributed by atoms with E-state index in [4.69, 9.17) is 4.84 Å². The molecule has 0 fully saturated rings. The van der Waals surface area contributed by atoms with Crippen LogP contribution in [0.5, 0.6) is 0 Å². The van der Waals surface area contributed by atoms with Gasteiger partial charge in [-0.15, -0.1) is 0 Å². The lowest BCUT2D eigenvalue weighted by Gasteiger charge is -2.11. The summed E-state index contributed by atoms with van der Waals surface area (Å²) in [7, 11) is 5.37. The van der Waals surface area contributed by atoms with Gasteiger partial charge in [0.15, 0.2) is 0 Å². The molecule has 15 heavy (non-hydrogen) atoms. The summed E-state index contributed by atoms with van der Waals surface area (Å²) in [4.78, 5) is 6.64. The van der Waals surface area contributed by atoms with Crippen LogP contribution in [0.15, 0.2) is 18.2 Å². The van der Waals surface area contributed by atoms with Gasteiger partial charge in [0.25, 0.3) is 0 Å². The average molecular weight is 212 g/mol. The van der Waals surface area contributed by atoms with E-state index in [0.29, 0.717) is 18.7 Å². The van der Waals surface area contributed by atoms with Crippen LogP contribution in [0.1, 0.15) is 11.1 Å². The zero-order valence-corrected chi connectivity index (χ0v) is 9.38. The maximum atomic E-state index is 13.5. The van der Waals surface area contributed by atoms with E-state index in [1.807, 2.05) is 31.1 Å². The third-order valence-corrected chi connectivity index (χ3v) is 2.02. The molecule has 1 N–H and O–H groups in total. The molecule has 0 aliphatic carbocycles. The second-order valence-corrected chi connectivity index (χ2v) is 3.69. The van der Waals surface area contributed by atoms with Crippen molar-refractivity contribution < 1.29 is 9.23 Å². The van der Waals surface area contributed by atoms with Crippen molar-refractivity contribution in [3.63, 3.8) is 0 Å². The Morgan fingerprint density at radius 3 is 2.67 bits per heavy atom. The highest BCUT2D eigenvalue weighted by Gasteiger charge is 2.04. The van der Waals surface area contributed by atoms with Gasteiger partial charge >= 0.3 is 0 Å². The molecule has 84 valence electrons. The number of hydrogen-bond donors (Lipinski definition) is 1. The van der Waals surface area contributed by atoms with Crippen LogP contribution >= 0.6 is 0 Å². The average Bonchev–Trinajstić information content (AvgIpc) is 2.18. The number of rotatable bonds is 5. The third kappa shape index (κ3) is 3.95. The quantitative estimate of drug-likeness (QED) is 0.749. The molecule has 0 saturated carbocycles. The van der Waals surface area contributed by atoms with E-state index >= 15 is 0 Å². The van der Waals surface area contributed by atoms with Gasteiger partial charge in [0.2, 0.25) is 0 Å². The smallest absolute Gasteiger partial charge is 0.128 e. The Hall–Kier alpha value is -0.970. The first-order valence-electron chi connectivity index (χ1n) is 4.81. The molecule has 1 rings (SSSR count). The van der Waals surface area contributed by atoms with E-state index in [2.05, 4.69) is 5.48 Å². The Kier molecular flexibility index (Phi) is 4.68. The summed E-state index contributed by atoms with van der Waals surface area (Å²) in [6.45, 7) is 1.12. The lowest BCUT2D eigenvalue weighted by molar-refractivity contribution is 0.0866. The van der Waals surface area contributed by atoms with E-state index in [0.717, 1.165) is 5.56 Å². The van der Waals surface area contributed by atoms with Crippen molar-refractivity contribution in [2.75, 3.05) is 21.2 Å². The van der Waals surface area contributed by atoms with Crippen molar-refractivity contribution in [2.24, 2.45) is 0 Å². The summed E-state index contributed by atoms with van der Waals surface area (Å²) in [5, 5.41) is 0. The van der Waals surface area contributed by atoms with Crippen molar-refractivity contribution in [1.82, 2.24) is 10.4 Å². The van der Waals surface area contributed by atoms with Gasteiger partial charge in [0, 0.05) is 18.7 Å². The molecule has 0 bridgehead atoms. The van der Waals surface area contributed by atoms with Gasteiger partial charge in [-0.1, -0.05) is 12.1 Å². The van der Waals surface area contributed by atoms with E-state index in [1.165, 1.54) is 13.2 Å². The van der Waals surface area contributed by atoms with Crippen LogP contribution in [-0.2, 0) is 17.9 Å². The van der Waals surface area contributed by atoms with Gasteiger partial charge in [-0.2, -0.15) is 5.48 Å². The van der Waals surface area contributed by atoms with E-state index in [1.54, 1.807) is 0 Å². The van der Waals surface area contributed by atoms with Gasteiger partial charge in [0.05, 0.1) is 7.11 Å². The standard InChI is InChI=1S/C11H17FN2O/c1-14(2)8-10-5-4-9(6-11(10)12)7-13-15-3/h4-6,13H,7-8H2,1-3H3. The van der Waals surface area contributed by atoms with Gasteiger partial charge in [-0.3, -0.25) is 0 Å². The van der Waals surface area contributed by atoms with Crippen LogP contribution in [0.4, 0.5) is 4.39 Å². The van der Waals surface area contributed by atoms with Crippen LogP contribution in [-0.4, -0.2) is 26.1 Å². The Morgan fingerprint density at radius 2 is 2.13 bits per heavy atom. The van der Waals surface area contributed by atoms with Crippen LogP contribution in [0.3, 0.4) is 0 Å². The van der Waals surface area contributed by atoms with Crippen molar-refractivity contribution in [3.05, 3.63) is 35.1 Å². The molecular formula is C11H17FN2O. The molecule has 0 unspecified atom stereocenters. The number of hydrogen-bond acceptors (Lipinski definition) is 3. The minimum Gasteiger partial charge on any atom is -0.305 e. The zero-order chi connectivity index (χ0) is 11.3. The molecular weight excluding hydrogens is 195 g/mol. The van der Waals surface area contributed by atoms with Gasteiger partial charge < -0.3 is 9.74 Å². The molecule has 0 heterocycles. The summed E-state index contributed by atoms with van der Waals surface area (Å²) < 4.78 is 13.5. The molecule has 0 atom stereocenters. The molecule has 1 aromatic carbocycles. The zero-order valence-electron chi connectivity index (χ0n) is 9.38. The van der Waals surface area contributed by atoms with Crippen LogP contribution in [0.2, 0.25) is 0 Å². The molecule has 0 aliphatic rings. The first-order valence-corrected chi connectivity index (χ1v) is 4.81. The van der Waals surface area contributed by atoms with E-state index in [9.17, 15) is 4.39 Å². The van der Waals surface area contributed by atoms with Crippen molar-refractivity contribution in [2.45, 2.75) is 13.1 Å². The van der Waals surface area contributed by atoms with Crippen LogP contribution in [0.25, 0.3) is 0 Å². The highest BCUT2D eigenvalue weighted by atomic mass is 19.1. The lowest BCUT2D eigenvalue weighted by Crippen LogP contribution is -2.13. The number of halogens is 1. The predicted molar refractivity (Wildman–Crippen MR) is 57.6 cm³/mol. The summed E-state index contributed by atoms with van der Waals surface area (Å²) in [6.07, 6.45) is 0. The Morgan fingerprint density at radius 1 is 1.40 bits per heavy atom. The fourth-order valence-electron chi connectivity index (χ4n) is 1.33. The number of nitrogens with one attached hydrogen (secondary N) is 1. The maximum absolute atomic E-state index is 13.5. The summed E-state index contributed by atoms with van der Waals surface area (Å²) in [5.74, 6) is -0.167. The topological polar surface area (TPSA) is 24.5 Å².